The van der Waals surface area contributed by atoms with E-state index in [4.69, 9.17) is 25.8 Å². The topological polar surface area (TPSA) is 94.2 Å². The lowest BCUT2D eigenvalue weighted by Gasteiger charge is -2.18. The van der Waals surface area contributed by atoms with Gasteiger partial charge in [-0.2, -0.15) is 0 Å². The van der Waals surface area contributed by atoms with Crippen molar-refractivity contribution in [2.24, 2.45) is 0 Å². The minimum Gasteiger partial charge on any atom is -0.497 e. The molecule has 3 rings (SSSR count). The van der Waals surface area contributed by atoms with Crippen LogP contribution in [-0.2, 0) is 14.3 Å². The van der Waals surface area contributed by atoms with Crippen LogP contribution in [0.1, 0.15) is 17.3 Å². The Bertz CT molecular complexity index is 1050. The number of rotatable bonds is 7. The van der Waals surface area contributed by atoms with Crippen LogP contribution in [0, 0.1) is 0 Å². The van der Waals surface area contributed by atoms with Crippen LogP contribution in [0.5, 0.6) is 11.5 Å². The lowest BCUT2D eigenvalue weighted by Crippen LogP contribution is -2.33. The number of methoxy groups -OCH3 is 2. The summed E-state index contributed by atoms with van der Waals surface area (Å²) in [6.45, 7) is 1.81. The molecular formula is C21H19ClN2O6. The molecule has 9 heteroatoms. The highest BCUT2D eigenvalue weighted by Crippen LogP contribution is 2.35. The Labute approximate surface area is 178 Å². The monoisotopic (exact) mass is 430 g/mol. The second kappa shape index (κ2) is 8.87. The number of carbonyl (C=O) groups is 3. The van der Waals surface area contributed by atoms with Gasteiger partial charge in [0.2, 0.25) is 0 Å². The summed E-state index contributed by atoms with van der Waals surface area (Å²) >= 11 is 6.20. The van der Waals surface area contributed by atoms with Gasteiger partial charge >= 0.3 is 5.97 Å². The van der Waals surface area contributed by atoms with Crippen molar-refractivity contribution in [3.8, 4) is 11.5 Å². The van der Waals surface area contributed by atoms with Crippen molar-refractivity contribution in [3.63, 3.8) is 0 Å². The van der Waals surface area contributed by atoms with Gasteiger partial charge in [0.1, 0.15) is 22.2 Å². The summed E-state index contributed by atoms with van der Waals surface area (Å²) in [5, 5.41) is 2.54. The molecule has 0 spiro atoms. The highest BCUT2D eigenvalue weighted by molar-refractivity contribution is 6.53. The number of hydrogen-bond donors (Lipinski definition) is 1. The van der Waals surface area contributed by atoms with Crippen molar-refractivity contribution < 1.29 is 28.6 Å². The van der Waals surface area contributed by atoms with E-state index in [0.29, 0.717) is 17.2 Å². The Kier molecular flexibility index (Phi) is 6.27. The van der Waals surface area contributed by atoms with E-state index >= 15 is 0 Å². The molecule has 2 amide bonds. The first-order chi connectivity index (χ1) is 14.4. The number of para-hydroxylation sites is 1. The van der Waals surface area contributed by atoms with Crippen molar-refractivity contribution >= 4 is 40.8 Å². The van der Waals surface area contributed by atoms with E-state index in [-0.39, 0.29) is 28.6 Å². The fourth-order valence-electron chi connectivity index (χ4n) is 2.93. The first-order valence-corrected chi connectivity index (χ1v) is 9.34. The van der Waals surface area contributed by atoms with Crippen LogP contribution in [0.4, 0.5) is 11.4 Å². The van der Waals surface area contributed by atoms with Gasteiger partial charge in [0.25, 0.3) is 11.8 Å². The van der Waals surface area contributed by atoms with Crippen LogP contribution < -0.4 is 19.7 Å². The summed E-state index contributed by atoms with van der Waals surface area (Å²) < 4.78 is 15.5. The fourth-order valence-corrected chi connectivity index (χ4v) is 3.14. The molecule has 0 saturated carbocycles. The highest BCUT2D eigenvalue weighted by atomic mass is 35.5. The van der Waals surface area contributed by atoms with Gasteiger partial charge in [0, 0.05) is 6.07 Å². The van der Waals surface area contributed by atoms with Gasteiger partial charge in [-0.15, -0.1) is 0 Å². The number of anilines is 2. The van der Waals surface area contributed by atoms with Gasteiger partial charge in [0.15, 0.2) is 0 Å². The van der Waals surface area contributed by atoms with Gasteiger partial charge in [-0.3, -0.25) is 9.59 Å². The summed E-state index contributed by atoms with van der Waals surface area (Å²) in [6, 6.07) is 11.1. The summed E-state index contributed by atoms with van der Waals surface area (Å²) in [5.74, 6) is -1.20. The zero-order valence-corrected chi connectivity index (χ0v) is 17.3. The van der Waals surface area contributed by atoms with Crippen molar-refractivity contribution in [1.82, 2.24) is 0 Å². The van der Waals surface area contributed by atoms with E-state index in [1.807, 2.05) is 0 Å². The molecule has 0 radical (unpaired) electrons. The number of benzene rings is 2. The van der Waals surface area contributed by atoms with Crippen LogP contribution in [0.2, 0.25) is 0 Å². The number of nitrogens with zero attached hydrogens (tertiary/aromatic N) is 1. The summed E-state index contributed by atoms with van der Waals surface area (Å²) in [6.07, 6.45) is 0. The van der Waals surface area contributed by atoms with E-state index in [0.717, 1.165) is 4.90 Å². The first-order valence-electron chi connectivity index (χ1n) is 8.96. The van der Waals surface area contributed by atoms with Crippen LogP contribution in [-0.4, -0.2) is 38.6 Å². The van der Waals surface area contributed by atoms with E-state index in [1.54, 1.807) is 37.3 Å². The van der Waals surface area contributed by atoms with Gasteiger partial charge in [-0.1, -0.05) is 23.7 Å². The predicted octanol–water partition coefficient (Wildman–Crippen LogP) is 3.32. The molecule has 2 aromatic rings. The molecule has 1 heterocycles. The fraction of sp³-hybridized carbons (Fsp3) is 0.190. The second-order valence-electron chi connectivity index (χ2n) is 6.06. The average molecular weight is 431 g/mol. The molecule has 0 unspecified atom stereocenters. The number of amides is 2. The Hall–Kier alpha value is -3.52. The number of ether oxygens (including phenoxy) is 3. The molecule has 30 heavy (non-hydrogen) atoms. The lowest BCUT2D eigenvalue weighted by molar-refractivity contribution is -0.120. The standard InChI is InChI=1S/C21H19ClN2O6/c1-4-30-21(27)13-7-5-6-8-15(13)24-19(25)17(22)18(20(24)26)23-14-11-12(28-2)9-10-16(14)29-3/h5-11,23H,4H2,1-3H3. The van der Waals surface area contributed by atoms with E-state index < -0.39 is 17.8 Å². The first kappa shape index (κ1) is 21.2. The summed E-state index contributed by atoms with van der Waals surface area (Å²) in [5.41, 5.74) is 0.391. The van der Waals surface area contributed by atoms with E-state index in [9.17, 15) is 14.4 Å². The molecular weight excluding hydrogens is 412 g/mol. The normalized spacial score (nSPS) is 13.5. The molecule has 156 valence electrons. The minimum absolute atomic E-state index is 0.0747. The molecule has 0 aliphatic carbocycles. The maximum absolute atomic E-state index is 13.1. The Morgan fingerprint density at radius 3 is 2.47 bits per heavy atom. The van der Waals surface area contributed by atoms with Gasteiger partial charge < -0.3 is 19.5 Å². The smallest absolute Gasteiger partial charge is 0.340 e. The SMILES string of the molecule is CCOC(=O)c1ccccc1N1C(=O)C(Cl)=C(Nc2cc(OC)ccc2OC)C1=O. The third-order valence-corrected chi connectivity index (χ3v) is 4.68. The number of halogens is 1. The quantitative estimate of drug-likeness (QED) is 0.532. The van der Waals surface area contributed by atoms with E-state index in [1.165, 1.54) is 26.4 Å². The molecule has 0 bridgehead atoms. The van der Waals surface area contributed by atoms with E-state index in [2.05, 4.69) is 5.32 Å². The van der Waals surface area contributed by atoms with Crippen LogP contribution in [0.3, 0.4) is 0 Å². The van der Waals surface area contributed by atoms with Gasteiger partial charge in [-0.25, -0.2) is 9.69 Å². The zero-order chi connectivity index (χ0) is 21.8. The van der Waals surface area contributed by atoms with Gasteiger partial charge in [0.05, 0.1) is 37.8 Å². The molecule has 0 fully saturated rings. The largest absolute Gasteiger partial charge is 0.497 e. The molecule has 2 aromatic carbocycles. The molecule has 8 nitrogen and oxygen atoms in total. The molecule has 0 saturated heterocycles. The third-order valence-electron chi connectivity index (χ3n) is 4.33. The summed E-state index contributed by atoms with van der Waals surface area (Å²) in [7, 11) is 2.96. The van der Waals surface area contributed by atoms with Crippen LogP contribution >= 0.6 is 11.6 Å². The lowest BCUT2D eigenvalue weighted by atomic mass is 10.1. The van der Waals surface area contributed by atoms with Crippen molar-refractivity contribution in [3.05, 3.63) is 58.8 Å². The predicted molar refractivity (Wildman–Crippen MR) is 111 cm³/mol. The van der Waals surface area contributed by atoms with Crippen molar-refractivity contribution in [2.45, 2.75) is 6.92 Å². The van der Waals surface area contributed by atoms with Crippen LogP contribution in [0.25, 0.3) is 0 Å². The Morgan fingerprint density at radius 2 is 1.80 bits per heavy atom. The Balaban J connectivity index is 1.99. The van der Waals surface area contributed by atoms with Crippen LogP contribution in [0.15, 0.2) is 53.2 Å². The zero-order valence-electron chi connectivity index (χ0n) is 16.5. The number of nitrogens with one attached hydrogen (secondary N) is 1. The molecule has 1 aliphatic heterocycles. The number of carbonyl (C=O) groups excluding carboxylic acids is 3. The number of esters is 1. The van der Waals surface area contributed by atoms with Gasteiger partial charge in [-0.05, 0) is 31.2 Å². The summed E-state index contributed by atoms with van der Waals surface area (Å²) in [4.78, 5) is 39.0. The molecule has 0 atom stereocenters. The molecule has 1 N–H and O–H groups in total. The number of hydrogen-bond acceptors (Lipinski definition) is 7. The maximum Gasteiger partial charge on any atom is 0.340 e. The van der Waals surface area contributed by atoms with Crippen molar-refractivity contribution in [1.29, 1.82) is 0 Å². The molecule has 1 aliphatic rings. The number of imide groups is 1. The third kappa shape index (κ3) is 3.81. The highest BCUT2D eigenvalue weighted by Gasteiger charge is 2.40. The molecule has 0 aromatic heterocycles. The van der Waals surface area contributed by atoms with Crippen molar-refractivity contribution in [2.75, 3.05) is 31.0 Å². The Morgan fingerprint density at radius 1 is 1.07 bits per heavy atom. The second-order valence-corrected chi connectivity index (χ2v) is 6.44. The average Bonchev–Trinajstić information content (AvgIpc) is 2.97. The maximum atomic E-state index is 13.1. The minimum atomic E-state index is -0.761.